The summed E-state index contributed by atoms with van der Waals surface area (Å²) in [5.41, 5.74) is 11.8. The predicted octanol–water partition coefficient (Wildman–Crippen LogP) is 13.1. The fraction of sp³-hybridized carbons (Fsp3) is 0.0600. The van der Waals surface area contributed by atoms with Gasteiger partial charge in [-0.15, -0.1) is 0 Å². The number of fused-ring (bicyclic) bond motifs is 9. The van der Waals surface area contributed by atoms with Gasteiger partial charge in [0.15, 0.2) is 17.5 Å². The summed E-state index contributed by atoms with van der Waals surface area (Å²) < 4.78 is 6.66. The maximum atomic E-state index is 6.66. The van der Waals surface area contributed by atoms with Crippen molar-refractivity contribution in [2.24, 2.45) is 0 Å². The molecule has 0 radical (unpaired) electrons. The van der Waals surface area contributed by atoms with Crippen LogP contribution in [0, 0.1) is 0 Å². The van der Waals surface area contributed by atoms with E-state index in [0.29, 0.717) is 17.5 Å². The van der Waals surface area contributed by atoms with Crippen LogP contribution in [-0.2, 0) is 5.41 Å². The number of hydrogen-bond donors (Lipinski definition) is 0. The van der Waals surface area contributed by atoms with Gasteiger partial charge in [0.1, 0.15) is 11.2 Å². The molecule has 0 amide bonds. The molecular weight excluding hydrogens is 659 g/mol. The maximum Gasteiger partial charge on any atom is 0.164 e. The van der Waals surface area contributed by atoms with Crippen LogP contribution in [0.25, 0.3) is 99.9 Å². The zero-order valence-electron chi connectivity index (χ0n) is 29.8. The summed E-state index contributed by atoms with van der Waals surface area (Å²) in [5, 5.41) is 6.89. The van der Waals surface area contributed by atoms with Gasteiger partial charge in [-0.05, 0) is 79.2 Å². The standard InChI is InChI=1S/C50H33N3O/c1-50(2)41-24-11-10-21-37(41)45-38(23-13-25-42(45)50)49-52-47(31-15-4-3-5-16-31)51-48(53-49)32-26-27-43-40(28-32)46-36-20-9-8-19-35(36)39(29-44(46)54-43)34-22-12-17-30-14-6-7-18-33(30)34/h3-29H,1-2H3. The topological polar surface area (TPSA) is 51.8 Å². The number of benzene rings is 8. The fourth-order valence-electron chi connectivity index (χ4n) is 8.75. The quantitative estimate of drug-likeness (QED) is 0.184. The second kappa shape index (κ2) is 11.5. The van der Waals surface area contributed by atoms with E-state index in [0.717, 1.165) is 49.6 Å². The molecule has 0 unspecified atom stereocenters. The van der Waals surface area contributed by atoms with Crippen LogP contribution in [0.3, 0.4) is 0 Å². The minimum absolute atomic E-state index is 0.135. The first-order valence-electron chi connectivity index (χ1n) is 18.4. The van der Waals surface area contributed by atoms with E-state index in [-0.39, 0.29) is 5.41 Å². The minimum Gasteiger partial charge on any atom is -0.456 e. The molecule has 0 bridgehead atoms. The van der Waals surface area contributed by atoms with Gasteiger partial charge in [0.05, 0.1) is 0 Å². The van der Waals surface area contributed by atoms with Gasteiger partial charge in [0.25, 0.3) is 0 Å². The number of rotatable bonds is 4. The smallest absolute Gasteiger partial charge is 0.164 e. The molecule has 2 heterocycles. The van der Waals surface area contributed by atoms with Gasteiger partial charge in [-0.1, -0.05) is 153 Å². The Hall–Kier alpha value is -6.91. The molecule has 1 aliphatic carbocycles. The van der Waals surface area contributed by atoms with E-state index in [1.807, 2.05) is 18.2 Å². The third kappa shape index (κ3) is 4.53. The Morgan fingerprint density at radius 2 is 1.04 bits per heavy atom. The van der Waals surface area contributed by atoms with Crippen molar-refractivity contribution in [3.63, 3.8) is 0 Å². The van der Waals surface area contributed by atoms with Crippen LogP contribution in [0.15, 0.2) is 168 Å². The molecule has 1 aliphatic rings. The molecule has 254 valence electrons. The van der Waals surface area contributed by atoms with Crippen LogP contribution >= 0.6 is 0 Å². The molecule has 2 aromatic heterocycles. The molecular formula is C50H33N3O. The van der Waals surface area contributed by atoms with E-state index in [2.05, 4.69) is 159 Å². The molecule has 54 heavy (non-hydrogen) atoms. The Balaban J connectivity index is 1.14. The highest BCUT2D eigenvalue weighted by atomic mass is 16.3. The van der Waals surface area contributed by atoms with E-state index in [1.165, 1.54) is 44.0 Å². The molecule has 8 aromatic carbocycles. The number of furan rings is 1. The zero-order chi connectivity index (χ0) is 36.0. The SMILES string of the molecule is CC1(C)c2ccccc2-c2c(-c3nc(-c4ccccc4)nc(-c4ccc5oc6cc(-c7cccc8ccccc78)c7ccccc7c6c5c4)n3)cccc21. The van der Waals surface area contributed by atoms with E-state index in [4.69, 9.17) is 19.4 Å². The van der Waals surface area contributed by atoms with Gasteiger partial charge in [-0.25, -0.2) is 15.0 Å². The summed E-state index contributed by atoms with van der Waals surface area (Å²) in [6, 6.07) is 57.7. The summed E-state index contributed by atoms with van der Waals surface area (Å²) in [5.74, 6) is 1.92. The van der Waals surface area contributed by atoms with Crippen molar-refractivity contribution in [1.29, 1.82) is 0 Å². The van der Waals surface area contributed by atoms with Gasteiger partial charge < -0.3 is 4.42 Å². The number of nitrogens with zero attached hydrogens (tertiary/aromatic N) is 3. The average Bonchev–Trinajstić information content (AvgIpc) is 3.72. The van der Waals surface area contributed by atoms with Crippen molar-refractivity contribution >= 4 is 43.5 Å². The summed E-state index contributed by atoms with van der Waals surface area (Å²) in [6.45, 7) is 4.60. The molecule has 0 aliphatic heterocycles. The third-order valence-electron chi connectivity index (χ3n) is 11.3. The first-order chi connectivity index (χ1) is 26.5. The van der Waals surface area contributed by atoms with Gasteiger partial charge in [-0.3, -0.25) is 0 Å². The summed E-state index contributed by atoms with van der Waals surface area (Å²) >= 11 is 0. The van der Waals surface area contributed by atoms with Crippen LogP contribution in [-0.4, -0.2) is 15.0 Å². The van der Waals surface area contributed by atoms with Crippen LogP contribution < -0.4 is 0 Å². The van der Waals surface area contributed by atoms with Crippen LogP contribution in [0.2, 0.25) is 0 Å². The van der Waals surface area contributed by atoms with Crippen LogP contribution in [0.1, 0.15) is 25.0 Å². The van der Waals surface area contributed by atoms with Crippen molar-refractivity contribution in [2.45, 2.75) is 19.3 Å². The predicted molar refractivity (Wildman–Crippen MR) is 221 cm³/mol. The Kier molecular flexibility index (Phi) is 6.56. The van der Waals surface area contributed by atoms with Crippen molar-refractivity contribution in [2.75, 3.05) is 0 Å². The molecule has 0 atom stereocenters. The lowest BCUT2D eigenvalue weighted by atomic mass is 9.82. The molecule has 10 aromatic rings. The van der Waals surface area contributed by atoms with Crippen molar-refractivity contribution < 1.29 is 4.42 Å². The molecule has 0 N–H and O–H groups in total. The minimum atomic E-state index is -0.135. The van der Waals surface area contributed by atoms with Gasteiger partial charge in [-0.2, -0.15) is 0 Å². The highest BCUT2D eigenvalue weighted by Gasteiger charge is 2.37. The van der Waals surface area contributed by atoms with Gasteiger partial charge >= 0.3 is 0 Å². The molecule has 0 fully saturated rings. The molecule has 4 heteroatoms. The van der Waals surface area contributed by atoms with Crippen molar-refractivity contribution in [3.05, 3.63) is 175 Å². The maximum absolute atomic E-state index is 6.66. The summed E-state index contributed by atoms with van der Waals surface area (Å²) in [7, 11) is 0. The van der Waals surface area contributed by atoms with E-state index in [1.54, 1.807) is 0 Å². The summed E-state index contributed by atoms with van der Waals surface area (Å²) in [4.78, 5) is 15.6. The number of aromatic nitrogens is 3. The molecule has 0 saturated heterocycles. The van der Waals surface area contributed by atoms with E-state index < -0.39 is 0 Å². The second-order valence-electron chi connectivity index (χ2n) is 14.8. The lowest BCUT2D eigenvalue weighted by Crippen LogP contribution is -2.14. The molecule has 0 spiro atoms. The monoisotopic (exact) mass is 691 g/mol. The Labute approximate surface area is 312 Å². The van der Waals surface area contributed by atoms with E-state index in [9.17, 15) is 0 Å². The first kappa shape index (κ1) is 30.7. The Bertz CT molecular complexity index is 3130. The molecule has 11 rings (SSSR count). The lowest BCUT2D eigenvalue weighted by molar-refractivity contribution is 0.660. The molecule has 4 nitrogen and oxygen atoms in total. The highest BCUT2D eigenvalue weighted by molar-refractivity contribution is 6.23. The van der Waals surface area contributed by atoms with Gasteiger partial charge in [0.2, 0.25) is 0 Å². The fourth-order valence-corrected chi connectivity index (χ4v) is 8.75. The van der Waals surface area contributed by atoms with Gasteiger partial charge in [0, 0.05) is 32.9 Å². The average molecular weight is 692 g/mol. The first-order valence-corrected chi connectivity index (χ1v) is 18.4. The number of hydrogen-bond acceptors (Lipinski definition) is 4. The van der Waals surface area contributed by atoms with Crippen LogP contribution in [0.4, 0.5) is 0 Å². The third-order valence-corrected chi connectivity index (χ3v) is 11.3. The lowest BCUT2D eigenvalue weighted by Gasteiger charge is -2.21. The van der Waals surface area contributed by atoms with Crippen molar-refractivity contribution in [3.8, 4) is 56.4 Å². The summed E-state index contributed by atoms with van der Waals surface area (Å²) in [6.07, 6.45) is 0. The zero-order valence-corrected chi connectivity index (χ0v) is 29.8. The highest BCUT2D eigenvalue weighted by Crippen LogP contribution is 2.52. The largest absolute Gasteiger partial charge is 0.456 e. The Morgan fingerprint density at radius 1 is 0.407 bits per heavy atom. The second-order valence-corrected chi connectivity index (χ2v) is 14.8. The van der Waals surface area contributed by atoms with Crippen LogP contribution in [0.5, 0.6) is 0 Å². The normalized spacial score (nSPS) is 13.1. The Morgan fingerprint density at radius 3 is 1.91 bits per heavy atom. The van der Waals surface area contributed by atoms with E-state index >= 15 is 0 Å². The molecule has 0 saturated carbocycles. The van der Waals surface area contributed by atoms with Crippen molar-refractivity contribution in [1.82, 2.24) is 15.0 Å².